The van der Waals surface area contributed by atoms with Gasteiger partial charge < -0.3 is 10.6 Å². The summed E-state index contributed by atoms with van der Waals surface area (Å²) in [6.07, 6.45) is 4.28. The molecule has 8 heteroatoms. The van der Waals surface area contributed by atoms with Gasteiger partial charge in [-0.25, -0.2) is 14.6 Å². The molecule has 2 aromatic rings. The van der Waals surface area contributed by atoms with E-state index in [4.69, 9.17) is 0 Å². The summed E-state index contributed by atoms with van der Waals surface area (Å²) in [6.45, 7) is 2.47. The SMILES string of the molecule is c1ncn(Cc2csc(NC3=NCCCN3)n2)n1. The maximum atomic E-state index is 4.48. The largest absolute Gasteiger partial charge is 0.356 e. The summed E-state index contributed by atoms with van der Waals surface area (Å²) in [4.78, 5) is 12.7. The molecule has 2 aromatic heterocycles. The van der Waals surface area contributed by atoms with Crippen LogP contribution in [0.4, 0.5) is 5.13 Å². The van der Waals surface area contributed by atoms with Crippen molar-refractivity contribution in [2.75, 3.05) is 18.4 Å². The van der Waals surface area contributed by atoms with Crippen molar-refractivity contribution < 1.29 is 0 Å². The van der Waals surface area contributed by atoms with E-state index in [0.717, 1.165) is 36.3 Å². The molecule has 3 rings (SSSR count). The molecule has 0 aromatic carbocycles. The number of nitrogens with zero attached hydrogens (tertiary/aromatic N) is 5. The monoisotopic (exact) mass is 263 g/mol. The van der Waals surface area contributed by atoms with Crippen LogP contribution in [0.15, 0.2) is 23.0 Å². The van der Waals surface area contributed by atoms with Crippen LogP contribution in [0.1, 0.15) is 12.1 Å². The first-order valence-electron chi connectivity index (χ1n) is 5.72. The highest BCUT2D eigenvalue weighted by Gasteiger charge is 2.07. The molecular formula is C10H13N7S. The maximum Gasteiger partial charge on any atom is 0.197 e. The molecule has 0 unspecified atom stereocenters. The molecule has 3 heterocycles. The molecule has 18 heavy (non-hydrogen) atoms. The van der Waals surface area contributed by atoms with Gasteiger partial charge in [-0.3, -0.25) is 4.99 Å². The Morgan fingerprint density at radius 2 is 2.50 bits per heavy atom. The molecule has 0 amide bonds. The first kappa shape index (κ1) is 11.1. The zero-order chi connectivity index (χ0) is 12.2. The lowest BCUT2D eigenvalue weighted by Crippen LogP contribution is -2.35. The fourth-order valence-corrected chi connectivity index (χ4v) is 2.34. The summed E-state index contributed by atoms with van der Waals surface area (Å²) in [6, 6.07) is 0. The number of thiazole rings is 1. The summed E-state index contributed by atoms with van der Waals surface area (Å²) in [5.74, 6) is 0.808. The van der Waals surface area contributed by atoms with Crippen LogP contribution in [0.25, 0.3) is 0 Å². The Morgan fingerprint density at radius 1 is 1.50 bits per heavy atom. The highest BCUT2D eigenvalue weighted by molar-refractivity contribution is 7.13. The van der Waals surface area contributed by atoms with Gasteiger partial charge in [-0.05, 0) is 6.42 Å². The Kier molecular flexibility index (Phi) is 3.18. The Balaban J connectivity index is 1.64. The topological polar surface area (TPSA) is 80.0 Å². The van der Waals surface area contributed by atoms with Crippen molar-refractivity contribution in [2.24, 2.45) is 4.99 Å². The van der Waals surface area contributed by atoms with E-state index in [1.807, 2.05) is 5.38 Å². The standard InChI is InChI=1S/C10H13N7S/c1-2-12-9(13-3-1)16-10-15-8(5-18-10)4-17-7-11-6-14-17/h5-7H,1-4H2,(H2,12,13,15,16). The molecule has 1 aliphatic heterocycles. The summed E-state index contributed by atoms with van der Waals surface area (Å²) in [5, 5.41) is 13.3. The summed E-state index contributed by atoms with van der Waals surface area (Å²) in [7, 11) is 0. The summed E-state index contributed by atoms with van der Waals surface area (Å²) < 4.78 is 1.75. The van der Waals surface area contributed by atoms with Gasteiger partial charge in [-0.1, -0.05) is 0 Å². The van der Waals surface area contributed by atoms with Crippen molar-refractivity contribution in [1.29, 1.82) is 0 Å². The van der Waals surface area contributed by atoms with Gasteiger partial charge >= 0.3 is 0 Å². The number of nitrogens with one attached hydrogen (secondary N) is 2. The average Bonchev–Trinajstić information content (AvgIpc) is 3.03. The number of rotatable bonds is 3. The second-order valence-corrected chi connectivity index (χ2v) is 4.73. The lowest BCUT2D eigenvalue weighted by molar-refractivity contribution is 0.674. The highest BCUT2D eigenvalue weighted by Crippen LogP contribution is 2.16. The van der Waals surface area contributed by atoms with E-state index in [2.05, 4.69) is 30.7 Å². The fraction of sp³-hybridized carbons (Fsp3) is 0.400. The predicted octanol–water partition coefficient (Wildman–Crippen LogP) is 0.544. The molecular weight excluding hydrogens is 250 g/mol. The smallest absolute Gasteiger partial charge is 0.197 e. The second kappa shape index (κ2) is 5.13. The minimum Gasteiger partial charge on any atom is -0.356 e. The van der Waals surface area contributed by atoms with E-state index in [1.165, 1.54) is 6.33 Å². The minimum absolute atomic E-state index is 0.637. The lowest BCUT2D eigenvalue weighted by atomic mass is 10.4. The summed E-state index contributed by atoms with van der Waals surface area (Å²) >= 11 is 1.56. The van der Waals surface area contributed by atoms with E-state index in [0.29, 0.717) is 6.54 Å². The van der Waals surface area contributed by atoms with Crippen molar-refractivity contribution in [1.82, 2.24) is 25.1 Å². The van der Waals surface area contributed by atoms with Gasteiger partial charge in [-0.2, -0.15) is 5.10 Å². The van der Waals surface area contributed by atoms with Crippen molar-refractivity contribution in [3.63, 3.8) is 0 Å². The van der Waals surface area contributed by atoms with Crippen molar-refractivity contribution in [3.8, 4) is 0 Å². The van der Waals surface area contributed by atoms with Gasteiger partial charge in [0.25, 0.3) is 0 Å². The van der Waals surface area contributed by atoms with Gasteiger partial charge in [0.05, 0.1) is 12.2 Å². The van der Waals surface area contributed by atoms with E-state index < -0.39 is 0 Å². The molecule has 0 saturated carbocycles. The van der Waals surface area contributed by atoms with Crippen LogP contribution in [0.5, 0.6) is 0 Å². The van der Waals surface area contributed by atoms with Crippen LogP contribution in [0, 0.1) is 0 Å². The van der Waals surface area contributed by atoms with E-state index in [9.17, 15) is 0 Å². The molecule has 94 valence electrons. The molecule has 0 fully saturated rings. The van der Waals surface area contributed by atoms with Crippen LogP contribution >= 0.6 is 11.3 Å². The van der Waals surface area contributed by atoms with Gasteiger partial charge in [0, 0.05) is 18.5 Å². The fourth-order valence-electron chi connectivity index (χ4n) is 1.63. The molecule has 0 saturated heterocycles. The lowest BCUT2D eigenvalue weighted by Gasteiger charge is -2.14. The molecule has 1 aliphatic rings. The number of aromatic nitrogens is 4. The Morgan fingerprint density at radius 3 is 3.28 bits per heavy atom. The third-order valence-electron chi connectivity index (χ3n) is 2.46. The Bertz CT molecular complexity index is 530. The first-order valence-corrected chi connectivity index (χ1v) is 6.60. The minimum atomic E-state index is 0.637. The number of hydrogen-bond acceptors (Lipinski definition) is 7. The number of guanidine groups is 1. The zero-order valence-corrected chi connectivity index (χ0v) is 10.5. The number of anilines is 1. The van der Waals surface area contributed by atoms with Crippen LogP contribution in [0.3, 0.4) is 0 Å². The van der Waals surface area contributed by atoms with Crippen molar-refractivity contribution in [2.45, 2.75) is 13.0 Å². The number of hydrogen-bond donors (Lipinski definition) is 2. The molecule has 0 aliphatic carbocycles. The highest BCUT2D eigenvalue weighted by atomic mass is 32.1. The first-order chi connectivity index (χ1) is 8.90. The van der Waals surface area contributed by atoms with Crippen molar-refractivity contribution in [3.05, 3.63) is 23.7 Å². The quantitative estimate of drug-likeness (QED) is 0.845. The molecule has 7 nitrogen and oxygen atoms in total. The van der Waals surface area contributed by atoms with Gasteiger partial charge in [0.15, 0.2) is 11.1 Å². The molecule has 0 radical (unpaired) electrons. The normalized spacial score (nSPS) is 15.0. The maximum absolute atomic E-state index is 4.48. The van der Waals surface area contributed by atoms with Crippen LogP contribution in [-0.4, -0.2) is 38.8 Å². The summed E-state index contributed by atoms with van der Waals surface area (Å²) in [5.41, 5.74) is 0.962. The van der Waals surface area contributed by atoms with Gasteiger partial charge in [0.1, 0.15) is 12.7 Å². The van der Waals surface area contributed by atoms with Crippen LogP contribution in [-0.2, 0) is 6.54 Å². The second-order valence-electron chi connectivity index (χ2n) is 3.87. The van der Waals surface area contributed by atoms with Gasteiger partial charge in [-0.15, -0.1) is 11.3 Å². The predicted molar refractivity (Wildman–Crippen MR) is 69.8 cm³/mol. The van der Waals surface area contributed by atoms with E-state index in [1.54, 1.807) is 22.3 Å². The third kappa shape index (κ3) is 2.65. The molecule has 2 N–H and O–H groups in total. The van der Waals surface area contributed by atoms with E-state index >= 15 is 0 Å². The molecule has 0 bridgehead atoms. The molecule has 0 atom stereocenters. The van der Waals surface area contributed by atoms with E-state index in [-0.39, 0.29) is 0 Å². The Hall–Kier alpha value is -1.96. The average molecular weight is 263 g/mol. The number of aliphatic imine (C=N–C) groups is 1. The Labute approximate surface area is 108 Å². The van der Waals surface area contributed by atoms with Crippen LogP contribution < -0.4 is 10.6 Å². The molecule has 0 spiro atoms. The van der Waals surface area contributed by atoms with Gasteiger partial charge in [0.2, 0.25) is 0 Å². The van der Waals surface area contributed by atoms with Crippen LogP contribution in [0.2, 0.25) is 0 Å². The zero-order valence-electron chi connectivity index (χ0n) is 9.70. The third-order valence-corrected chi connectivity index (χ3v) is 3.27. The van der Waals surface area contributed by atoms with Crippen molar-refractivity contribution >= 4 is 22.4 Å².